The normalized spacial score (nSPS) is 21.5. The fourth-order valence-electron chi connectivity index (χ4n) is 5.42. The summed E-state index contributed by atoms with van der Waals surface area (Å²) in [4.78, 5) is 45.0. The molecule has 35 heavy (non-hydrogen) atoms. The fourth-order valence-corrected chi connectivity index (χ4v) is 6.84. The Balaban J connectivity index is 1.35. The van der Waals surface area contributed by atoms with E-state index in [0.29, 0.717) is 50.5 Å². The van der Waals surface area contributed by atoms with Gasteiger partial charge < -0.3 is 20.0 Å². The Hall–Kier alpha value is -1.61. The predicted octanol–water partition coefficient (Wildman–Crippen LogP) is 5.58. The lowest BCUT2D eigenvalue weighted by molar-refractivity contribution is -0.142. The minimum Gasteiger partial charge on any atom is -0.342 e. The zero-order chi connectivity index (χ0) is 25.1. The number of hydrogen-bond donors (Lipinski definition) is 1. The number of rotatable bonds is 4. The van der Waals surface area contributed by atoms with Crippen molar-refractivity contribution in [1.29, 1.82) is 0 Å². The average Bonchev–Trinajstić information content (AvgIpc) is 3.36. The molecule has 3 saturated heterocycles. The summed E-state index contributed by atoms with van der Waals surface area (Å²) >= 11 is 7.17. The third-order valence-corrected chi connectivity index (χ3v) is 8.84. The molecule has 0 radical (unpaired) electrons. The molecule has 3 aliphatic heterocycles. The molecule has 0 unspecified atom stereocenters. The molecule has 3 aliphatic rings. The summed E-state index contributed by atoms with van der Waals surface area (Å²) in [6, 6.07) is 3.34. The van der Waals surface area contributed by atoms with Crippen molar-refractivity contribution in [3.8, 4) is 0 Å². The van der Waals surface area contributed by atoms with Gasteiger partial charge in [0, 0.05) is 47.6 Å². The molecule has 1 aromatic rings. The van der Waals surface area contributed by atoms with Gasteiger partial charge in [0.15, 0.2) is 0 Å². The van der Waals surface area contributed by atoms with E-state index < -0.39 is 6.04 Å². The van der Waals surface area contributed by atoms with E-state index in [1.54, 1.807) is 4.90 Å². The number of benzene rings is 1. The van der Waals surface area contributed by atoms with Crippen LogP contribution >= 0.6 is 31.9 Å². The van der Waals surface area contributed by atoms with Gasteiger partial charge in [0.25, 0.3) is 0 Å². The number of anilines is 1. The smallest absolute Gasteiger partial charge is 0.322 e. The molecule has 7 nitrogen and oxygen atoms in total. The third-order valence-electron chi connectivity index (χ3n) is 7.59. The average molecular weight is 612 g/mol. The molecule has 0 spiro atoms. The van der Waals surface area contributed by atoms with Crippen LogP contribution in [0.2, 0.25) is 0 Å². The van der Waals surface area contributed by atoms with Crippen LogP contribution in [-0.4, -0.2) is 71.3 Å². The Labute approximate surface area is 225 Å². The van der Waals surface area contributed by atoms with Crippen molar-refractivity contribution in [3.63, 3.8) is 0 Å². The van der Waals surface area contributed by atoms with Gasteiger partial charge in [-0.2, -0.15) is 0 Å². The molecule has 1 atom stereocenters. The van der Waals surface area contributed by atoms with Crippen LogP contribution in [0.4, 0.5) is 10.5 Å². The minimum absolute atomic E-state index is 0.00908. The van der Waals surface area contributed by atoms with Crippen LogP contribution in [0.1, 0.15) is 70.3 Å². The Morgan fingerprint density at radius 1 is 0.829 bits per heavy atom. The van der Waals surface area contributed by atoms with Crippen LogP contribution in [0.15, 0.2) is 21.1 Å². The zero-order valence-corrected chi connectivity index (χ0v) is 23.9. The highest BCUT2D eigenvalue weighted by Gasteiger charge is 2.39. The van der Waals surface area contributed by atoms with Gasteiger partial charge in [-0.25, -0.2) is 4.79 Å². The largest absolute Gasteiger partial charge is 0.342 e. The third kappa shape index (κ3) is 6.04. The Morgan fingerprint density at radius 2 is 1.43 bits per heavy atom. The summed E-state index contributed by atoms with van der Waals surface area (Å²) in [5.74, 6) is 0.656. The van der Waals surface area contributed by atoms with Gasteiger partial charge >= 0.3 is 6.03 Å². The number of hydrogen-bond acceptors (Lipinski definition) is 3. The highest BCUT2D eigenvalue weighted by atomic mass is 79.9. The minimum atomic E-state index is -0.447. The van der Waals surface area contributed by atoms with Gasteiger partial charge in [-0.1, -0.05) is 13.8 Å². The molecule has 0 aliphatic carbocycles. The predicted molar refractivity (Wildman–Crippen MR) is 144 cm³/mol. The lowest BCUT2D eigenvalue weighted by Crippen LogP contribution is -2.52. The van der Waals surface area contributed by atoms with Crippen LogP contribution in [0.5, 0.6) is 0 Å². The van der Waals surface area contributed by atoms with Crippen molar-refractivity contribution < 1.29 is 14.4 Å². The van der Waals surface area contributed by atoms with E-state index in [-0.39, 0.29) is 23.8 Å². The molecule has 9 heteroatoms. The van der Waals surface area contributed by atoms with Crippen molar-refractivity contribution in [2.45, 2.75) is 70.8 Å². The number of carbonyl (C=O) groups is 3. The topological polar surface area (TPSA) is 73.0 Å². The molecule has 0 aromatic heterocycles. The molecular formula is C26H36Br2N4O3. The second-order valence-corrected chi connectivity index (χ2v) is 12.0. The summed E-state index contributed by atoms with van der Waals surface area (Å²) in [6.07, 6.45) is 6.30. The number of nitrogens with one attached hydrogen (secondary N) is 1. The highest BCUT2D eigenvalue weighted by Crippen LogP contribution is 2.35. The van der Waals surface area contributed by atoms with Crippen molar-refractivity contribution in [2.75, 3.05) is 38.0 Å². The first-order valence-corrected chi connectivity index (χ1v) is 14.5. The Morgan fingerprint density at radius 3 is 2.03 bits per heavy atom. The second-order valence-electron chi connectivity index (χ2n) is 10.3. The van der Waals surface area contributed by atoms with E-state index in [2.05, 4.69) is 51.0 Å². The lowest BCUT2D eigenvalue weighted by Gasteiger charge is -2.37. The maximum absolute atomic E-state index is 13.4. The fraction of sp³-hybridized carbons (Fsp3) is 0.654. The summed E-state index contributed by atoms with van der Waals surface area (Å²) in [5.41, 5.74) is 1.84. The number of amides is 4. The molecule has 1 N–H and O–H groups in total. The number of piperidine rings is 2. The van der Waals surface area contributed by atoms with Crippen molar-refractivity contribution in [1.82, 2.24) is 14.7 Å². The quantitative estimate of drug-likeness (QED) is 0.483. The van der Waals surface area contributed by atoms with Crippen LogP contribution in [0.3, 0.4) is 0 Å². The summed E-state index contributed by atoms with van der Waals surface area (Å²) in [5, 5.41) is 3.01. The Bertz CT molecular complexity index is 933. The van der Waals surface area contributed by atoms with Crippen LogP contribution in [0, 0.1) is 5.92 Å². The summed E-state index contributed by atoms with van der Waals surface area (Å²) in [6.45, 7) is 7.72. The molecular weight excluding hydrogens is 576 g/mol. The molecule has 3 fully saturated rings. The van der Waals surface area contributed by atoms with Crippen molar-refractivity contribution in [3.05, 3.63) is 26.6 Å². The van der Waals surface area contributed by atoms with E-state index >= 15 is 0 Å². The number of nitrogens with zero attached hydrogens (tertiary/aromatic N) is 3. The SMILES string of the molecule is CC(C)c1cc(Br)c(NC(=O)N2CCC[C@H]2C(=O)N2CCC(C(=O)N3CCCCC3)CC2)c(Br)c1. The molecule has 4 amide bonds. The number of halogens is 2. The van der Waals surface area contributed by atoms with E-state index in [4.69, 9.17) is 0 Å². The summed E-state index contributed by atoms with van der Waals surface area (Å²) < 4.78 is 1.62. The maximum atomic E-state index is 13.4. The molecule has 0 saturated carbocycles. The second kappa shape index (κ2) is 11.6. The van der Waals surface area contributed by atoms with Gasteiger partial charge in [0.2, 0.25) is 11.8 Å². The first kappa shape index (κ1) is 26.5. The molecule has 192 valence electrons. The molecule has 3 heterocycles. The van der Waals surface area contributed by atoms with Gasteiger partial charge in [0.1, 0.15) is 6.04 Å². The van der Waals surface area contributed by atoms with E-state index in [1.807, 2.05) is 21.9 Å². The molecule has 4 rings (SSSR count). The number of carbonyl (C=O) groups excluding carboxylic acids is 3. The van der Waals surface area contributed by atoms with Crippen LogP contribution < -0.4 is 5.32 Å². The standard InChI is InChI=1S/C26H36Br2N4O3/c1-17(2)19-15-20(27)23(21(28)16-19)29-26(35)32-12-6-7-22(32)25(34)31-13-8-18(9-14-31)24(33)30-10-4-3-5-11-30/h15-18,22H,3-14H2,1-2H3,(H,29,35)/t22-/m0/s1. The monoisotopic (exact) mass is 610 g/mol. The molecule has 0 bridgehead atoms. The van der Waals surface area contributed by atoms with Crippen LogP contribution in [-0.2, 0) is 9.59 Å². The van der Waals surface area contributed by atoms with E-state index in [1.165, 1.54) is 6.42 Å². The lowest BCUT2D eigenvalue weighted by atomic mass is 9.94. The van der Waals surface area contributed by atoms with Gasteiger partial charge in [0.05, 0.1) is 5.69 Å². The van der Waals surface area contributed by atoms with Gasteiger partial charge in [-0.3, -0.25) is 9.59 Å². The maximum Gasteiger partial charge on any atom is 0.322 e. The van der Waals surface area contributed by atoms with Crippen LogP contribution in [0.25, 0.3) is 0 Å². The van der Waals surface area contributed by atoms with Crippen molar-refractivity contribution >= 4 is 55.4 Å². The van der Waals surface area contributed by atoms with Crippen molar-refractivity contribution in [2.24, 2.45) is 5.92 Å². The molecule has 1 aromatic carbocycles. The highest BCUT2D eigenvalue weighted by molar-refractivity contribution is 9.11. The first-order valence-electron chi connectivity index (χ1n) is 12.9. The first-order chi connectivity index (χ1) is 16.8. The zero-order valence-electron chi connectivity index (χ0n) is 20.7. The van der Waals surface area contributed by atoms with Gasteiger partial charge in [-0.05, 0) is 100 Å². The number of likely N-dealkylation sites (tertiary alicyclic amines) is 3. The Kier molecular flexibility index (Phi) is 8.79. The van der Waals surface area contributed by atoms with E-state index in [9.17, 15) is 14.4 Å². The summed E-state index contributed by atoms with van der Waals surface area (Å²) in [7, 11) is 0. The van der Waals surface area contributed by atoms with E-state index in [0.717, 1.165) is 46.9 Å². The van der Waals surface area contributed by atoms with Gasteiger partial charge in [-0.15, -0.1) is 0 Å². The number of urea groups is 1.